The smallest absolute Gasteiger partial charge is 0.368 e. The number of anilines is 3. The van der Waals surface area contributed by atoms with Crippen molar-refractivity contribution in [2.24, 2.45) is 0 Å². The normalized spacial score (nSPS) is 11.6. The Morgan fingerprint density at radius 3 is 2.37 bits per heavy atom. The average molecular weight is 437 g/mol. The molecule has 0 aliphatic carbocycles. The van der Waals surface area contributed by atoms with Gasteiger partial charge in [0.15, 0.2) is 5.82 Å². The number of hydrogen-bond donors (Lipinski definition) is 2. The van der Waals surface area contributed by atoms with Gasteiger partial charge in [0.25, 0.3) is 0 Å². The largest absolute Gasteiger partial charge is 0.433 e. The first-order valence-electron chi connectivity index (χ1n) is 8.96. The maximum atomic E-state index is 13.9. The van der Waals surface area contributed by atoms with Gasteiger partial charge in [-0.05, 0) is 50.4 Å². The summed E-state index contributed by atoms with van der Waals surface area (Å²) in [5.41, 5.74) is -0.601. The molecule has 0 atom stereocenters. The van der Waals surface area contributed by atoms with E-state index in [0.717, 1.165) is 6.07 Å². The Balaban J connectivity index is 2.04. The fraction of sp³-hybridized carbons (Fsp3) is 0.250. The van der Waals surface area contributed by atoms with E-state index in [0.29, 0.717) is 22.2 Å². The summed E-state index contributed by atoms with van der Waals surface area (Å²) in [6.45, 7) is 3.80. The standard InChI is InChI=1S/C20H19F4N5S/c1-11(2)25-17-10-18(26-13-7-12(21)8-14(9-13)30-3)29-19(28-17)15-5-4-6-16(27-15)20(22,23)24/h4-11H,1-3H3,(H2,25,26,28,29). The van der Waals surface area contributed by atoms with Crippen molar-refractivity contribution in [3.63, 3.8) is 0 Å². The Morgan fingerprint density at radius 1 is 0.967 bits per heavy atom. The quantitative estimate of drug-likeness (QED) is 0.365. The zero-order valence-electron chi connectivity index (χ0n) is 16.4. The molecule has 5 nitrogen and oxygen atoms in total. The predicted molar refractivity (Wildman–Crippen MR) is 110 cm³/mol. The first kappa shape index (κ1) is 21.8. The number of aromatic nitrogens is 3. The monoisotopic (exact) mass is 437 g/mol. The van der Waals surface area contributed by atoms with Gasteiger partial charge in [0.2, 0.25) is 0 Å². The lowest BCUT2D eigenvalue weighted by Gasteiger charge is -2.14. The second kappa shape index (κ2) is 8.86. The van der Waals surface area contributed by atoms with Crippen molar-refractivity contribution in [1.29, 1.82) is 0 Å². The SMILES string of the molecule is CSc1cc(F)cc(Nc2cc(NC(C)C)nc(-c3cccc(C(F)(F)F)n3)n2)c1. The van der Waals surface area contributed by atoms with E-state index in [-0.39, 0.29) is 17.6 Å². The zero-order chi connectivity index (χ0) is 21.9. The molecule has 0 saturated carbocycles. The highest BCUT2D eigenvalue weighted by atomic mass is 32.2. The van der Waals surface area contributed by atoms with Crippen molar-refractivity contribution >= 4 is 29.1 Å². The number of hydrogen-bond acceptors (Lipinski definition) is 6. The highest BCUT2D eigenvalue weighted by Gasteiger charge is 2.32. The minimum Gasteiger partial charge on any atom is -0.368 e. The molecule has 0 aliphatic heterocycles. The fourth-order valence-electron chi connectivity index (χ4n) is 2.61. The van der Waals surface area contributed by atoms with E-state index in [1.807, 2.05) is 20.1 Å². The molecule has 158 valence electrons. The molecule has 3 rings (SSSR count). The molecule has 0 fully saturated rings. The van der Waals surface area contributed by atoms with Crippen LogP contribution in [0.1, 0.15) is 19.5 Å². The topological polar surface area (TPSA) is 62.7 Å². The van der Waals surface area contributed by atoms with Gasteiger partial charge < -0.3 is 10.6 Å². The molecular formula is C20H19F4N5S. The van der Waals surface area contributed by atoms with Crippen LogP contribution in [0.3, 0.4) is 0 Å². The van der Waals surface area contributed by atoms with Crippen LogP contribution in [0.15, 0.2) is 47.4 Å². The van der Waals surface area contributed by atoms with Crippen LogP contribution < -0.4 is 10.6 Å². The highest BCUT2D eigenvalue weighted by Crippen LogP contribution is 2.30. The van der Waals surface area contributed by atoms with Gasteiger partial charge >= 0.3 is 6.18 Å². The van der Waals surface area contributed by atoms with E-state index in [1.54, 1.807) is 12.1 Å². The molecule has 3 aromatic rings. The van der Waals surface area contributed by atoms with E-state index in [9.17, 15) is 17.6 Å². The summed E-state index contributed by atoms with van der Waals surface area (Å²) in [5.74, 6) is 0.285. The van der Waals surface area contributed by atoms with E-state index in [4.69, 9.17) is 0 Å². The van der Waals surface area contributed by atoms with Crippen LogP contribution in [0.4, 0.5) is 34.9 Å². The van der Waals surface area contributed by atoms with Crippen LogP contribution in [-0.2, 0) is 6.18 Å². The molecule has 1 aromatic carbocycles. The van der Waals surface area contributed by atoms with Gasteiger partial charge in [-0.1, -0.05) is 6.07 Å². The molecule has 0 saturated heterocycles. The van der Waals surface area contributed by atoms with Crippen LogP contribution in [0, 0.1) is 5.82 Å². The van der Waals surface area contributed by atoms with E-state index in [1.165, 1.54) is 36.0 Å². The Labute approximate surface area is 175 Å². The highest BCUT2D eigenvalue weighted by molar-refractivity contribution is 7.98. The summed E-state index contributed by atoms with van der Waals surface area (Å²) in [4.78, 5) is 13.0. The first-order chi connectivity index (χ1) is 14.1. The Kier molecular flexibility index (Phi) is 6.45. The van der Waals surface area contributed by atoms with Crippen molar-refractivity contribution in [2.45, 2.75) is 31.0 Å². The molecule has 0 aliphatic rings. The van der Waals surface area contributed by atoms with Crippen LogP contribution in [0.5, 0.6) is 0 Å². The third kappa shape index (κ3) is 5.59. The van der Waals surface area contributed by atoms with Gasteiger partial charge in [-0.15, -0.1) is 11.8 Å². The Morgan fingerprint density at radius 2 is 1.70 bits per heavy atom. The molecule has 0 unspecified atom stereocenters. The summed E-state index contributed by atoms with van der Waals surface area (Å²) in [5, 5.41) is 6.09. The molecule has 10 heteroatoms. The second-order valence-electron chi connectivity index (χ2n) is 6.67. The van der Waals surface area contributed by atoms with Gasteiger partial charge in [-0.3, -0.25) is 0 Å². The summed E-state index contributed by atoms with van der Waals surface area (Å²) in [7, 11) is 0. The maximum Gasteiger partial charge on any atom is 0.433 e. The molecule has 2 aromatic heterocycles. The van der Waals surface area contributed by atoms with Crippen LogP contribution in [0.2, 0.25) is 0 Å². The first-order valence-corrected chi connectivity index (χ1v) is 10.2. The predicted octanol–water partition coefficient (Wildman–Crippen LogP) is 5.98. The lowest BCUT2D eigenvalue weighted by Crippen LogP contribution is -2.13. The van der Waals surface area contributed by atoms with E-state index < -0.39 is 17.7 Å². The number of benzene rings is 1. The van der Waals surface area contributed by atoms with Gasteiger partial charge in [-0.2, -0.15) is 13.2 Å². The summed E-state index contributed by atoms with van der Waals surface area (Å²) >= 11 is 1.38. The van der Waals surface area contributed by atoms with Gasteiger partial charge in [-0.25, -0.2) is 19.3 Å². The lowest BCUT2D eigenvalue weighted by atomic mass is 10.2. The third-order valence-corrected chi connectivity index (χ3v) is 4.52. The second-order valence-corrected chi connectivity index (χ2v) is 7.55. The van der Waals surface area contributed by atoms with Crippen molar-refractivity contribution in [1.82, 2.24) is 15.0 Å². The van der Waals surface area contributed by atoms with Crippen molar-refractivity contribution in [3.8, 4) is 11.5 Å². The lowest BCUT2D eigenvalue weighted by molar-refractivity contribution is -0.141. The minimum absolute atomic E-state index is 0.00995. The van der Waals surface area contributed by atoms with Crippen LogP contribution in [0.25, 0.3) is 11.5 Å². The molecular weight excluding hydrogens is 418 g/mol. The third-order valence-electron chi connectivity index (χ3n) is 3.81. The van der Waals surface area contributed by atoms with Crippen LogP contribution in [-0.4, -0.2) is 27.2 Å². The van der Waals surface area contributed by atoms with Crippen molar-refractivity contribution in [2.75, 3.05) is 16.9 Å². The molecule has 2 N–H and O–H groups in total. The molecule has 0 radical (unpaired) electrons. The van der Waals surface area contributed by atoms with Crippen LogP contribution >= 0.6 is 11.8 Å². The van der Waals surface area contributed by atoms with Gasteiger partial charge in [0, 0.05) is 22.7 Å². The summed E-state index contributed by atoms with van der Waals surface area (Å²) in [6.07, 6.45) is -2.76. The number of rotatable bonds is 6. The number of alkyl halides is 3. The van der Waals surface area contributed by atoms with Crippen molar-refractivity contribution < 1.29 is 17.6 Å². The molecule has 0 spiro atoms. The molecule has 30 heavy (non-hydrogen) atoms. The maximum absolute atomic E-state index is 13.9. The zero-order valence-corrected chi connectivity index (χ0v) is 17.2. The number of thioether (sulfide) groups is 1. The Bertz CT molecular complexity index is 1040. The van der Waals surface area contributed by atoms with Gasteiger partial charge in [0.05, 0.1) is 0 Å². The van der Waals surface area contributed by atoms with E-state index in [2.05, 4.69) is 25.6 Å². The molecule has 2 heterocycles. The Hall–Kier alpha value is -2.88. The minimum atomic E-state index is -4.58. The van der Waals surface area contributed by atoms with Crippen molar-refractivity contribution in [3.05, 3.63) is 54.0 Å². The number of nitrogens with one attached hydrogen (secondary N) is 2. The fourth-order valence-corrected chi connectivity index (χ4v) is 3.09. The molecule has 0 amide bonds. The average Bonchev–Trinajstić information content (AvgIpc) is 2.66. The van der Waals surface area contributed by atoms with Gasteiger partial charge in [0.1, 0.15) is 28.8 Å². The van der Waals surface area contributed by atoms with E-state index >= 15 is 0 Å². The molecule has 0 bridgehead atoms. The summed E-state index contributed by atoms with van der Waals surface area (Å²) < 4.78 is 53.0. The number of halogens is 4. The summed E-state index contributed by atoms with van der Waals surface area (Å²) in [6, 6.07) is 9.61. The number of pyridine rings is 1. The number of nitrogens with zero attached hydrogens (tertiary/aromatic N) is 3.